The Morgan fingerprint density at radius 2 is 1.86 bits per heavy atom. The van der Waals surface area contributed by atoms with Crippen molar-refractivity contribution in [3.05, 3.63) is 47.0 Å². The van der Waals surface area contributed by atoms with E-state index in [1.807, 2.05) is 35.2 Å². The maximum absolute atomic E-state index is 12.9. The predicted octanol–water partition coefficient (Wildman–Crippen LogP) is 3.54. The SMILES string of the molecule is COc1ccc(-c2cc3ncn(CC(=O)N4CCCCCC4)c(=O)c3s2)cc1. The van der Waals surface area contributed by atoms with Crippen LogP contribution in [0.4, 0.5) is 0 Å². The zero-order chi connectivity index (χ0) is 19.5. The van der Waals surface area contributed by atoms with E-state index in [0.717, 1.165) is 42.1 Å². The Labute approximate surface area is 167 Å². The summed E-state index contributed by atoms with van der Waals surface area (Å²) >= 11 is 1.41. The molecule has 6 nitrogen and oxygen atoms in total. The maximum atomic E-state index is 12.9. The lowest BCUT2D eigenvalue weighted by Gasteiger charge is -2.20. The molecule has 1 aliphatic rings. The molecule has 28 heavy (non-hydrogen) atoms. The van der Waals surface area contributed by atoms with E-state index >= 15 is 0 Å². The Morgan fingerprint density at radius 1 is 1.14 bits per heavy atom. The third kappa shape index (κ3) is 3.80. The fourth-order valence-corrected chi connectivity index (χ4v) is 4.59. The molecule has 4 rings (SSSR count). The van der Waals surface area contributed by atoms with Gasteiger partial charge in [0.1, 0.15) is 17.0 Å². The molecule has 0 radical (unpaired) electrons. The summed E-state index contributed by atoms with van der Waals surface area (Å²) in [6, 6.07) is 9.64. The normalized spacial score (nSPS) is 14.8. The second-order valence-electron chi connectivity index (χ2n) is 7.03. The number of rotatable bonds is 4. The largest absolute Gasteiger partial charge is 0.497 e. The molecule has 0 atom stereocenters. The van der Waals surface area contributed by atoms with Gasteiger partial charge in [0.2, 0.25) is 5.91 Å². The third-order valence-corrected chi connectivity index (χ3v) is 6.30. The second kappa shape index (κ2) is 8.14. The number of carbonyl (C=O) groups is 1. The van der Waals surface area contributed by atoms with Crippen LogP contribution in [-0.4, -0.2) is 40.6 Å². The first-order valence-corrected chi connectivity index (χ1v) is 10.4. The number of fused-ring (bicyclic) bond motifs is 1. The molecule has 0 N–H and O–H groups in total. The van der Waals surface area contributed by atoms with Crippen LogP contribution in [0.25, 0.3) is 20.7 Å². The number of ether oxygens (including phenoxy) is 1. The fourth-order valence-electron chi connectivity index (χ4n) is 3.52. The van der Waals surface area contributed by atoms with Crippen LogP contribution in [-0.2, 0) is 11.3 Å². The fraction of sp³-hybridized carbons (Fsp3) is 0.381. The quantitative estimate of drug-likeness (QED) is 0.676. The van der Waals surface area contributed by atoms with Gasteiger partial charge in [-0.05, 0) is 48.7 Å². The molecule has 146 valence electrons. The Hall–Kier alpha value is -2.67. The van der Waals surface area contributed by atoms with Crippen LogP contribution in [0.5, 0.6) is 5.75 Å². The van der Waals surface area contributed by atoms with Crippen molar-refractivity contribution >= 4 is 27.5 Å². The van der Waals surface area contributed by atoms with Crippen LogP contribution in [0.2, 0.25) is 0 Å². The van der Waals surface area contributed by atoms with E-state index in [1.54, 1.807) is 7.11 Å². The molecule has 1 aromatic carbocycles. The number of hydrogen-bond acceptors (Lipinski definition) is 5. The number of likely N-dealkylation sites (tertiary alicyclic amines) is 1. The molecule has 1 fully saturated rings. The van der Waals surface area contributed by atoms with Crippen LogP contribution < -0.4 is 10.3 Å². The number of hydrogen-bond donors (Lipinski definition) is 0. The molecule has 0 aliphatic carbocycles. The van der Waals surface area contributed by atoms with E-state index in [-0.39, 0.29) is 18.0 Å². The molecule has 2 aromatic heterocycles. The monoisotopic (exact) mass is 397 g/mol. The van der Waals surface area contributed by atoms with Gasteiger partial charge < -0.3 is 9.64 Å². The van der Waals surface area contributed by atoms with E-state index in [9.17, 15) is 9.59 Å². The Balaban J connectivity index is 1.59. The molecule has 0 saturated carbocycles. The Bertz CT molecular complexity index is 1030. The first-order chi connectivity index (χ1) is 13.7. The van der Waals surface area contributed by atoms with Crippen molar-refractivity contribution in [1.82, 2.24) is 14.5 Å². The zero-order valence-electron chi connectivity index (χ0n) is 15.9. The molecule has 3 heterocycles. The van der Waals surface area contributed by atoms with Gasteiger partial charge in [0, 0.05) is 18.0 Å². The summed E-state index contributed by atoms with van der Waals surface area (Å²) in [6.45, 7) is 1.62. The van der Waals surface area contributed by atoms with Crippen LogP contribution in [0.15, 0.2) is 41.5 Å². The summed E-state index contributed by atoms with van der Waals surface area (Å²) < 4.78 is 7.21. The molecule has 1 amide bonds. The van der Waals surface area contributed by atoms with Gasteiger partial charge in [-0.15, -0.1) is 11.3 Å². The lowest BCUT2D eigenvalue weighted by Crippen LogP contribution is -2.37. The summed E-state index contributed by atoms with van der Waals surface area (Å²) in [5, 5.41) is 0. The highest BCUT2D eigenvalue weighted by atomic mass is 32.1. The highest BCUT2D eigenvalue weighted by Gasteiger charge is 2.18. The van der Waals surface area contributed by atoms with Crippen molar-refractivity contribution in [2.75, 3.05) is 20.2 Å². The molecule has 7 heteroatoms. The van der Waals surface area contributed by atoms with Crippen molar-refractivity contribution in [2.24, 2.45) is 0 Å². The minimum atomic E-state index is -0.155. The first-order valence-electron chi connectivity index (χ1n) is 9.57. The Morgan fingerprint density at radius 3 is 2.54 bits per heavy atom. The van der Waals surface area contributed by atoms with E-state index < -0.39 is 0 Å². The zero-order valence-corrected chi connectivity index (χ0v) is 16.7. The van der Waals surface area contributed by atoms with Crippen molar-refractivity contribution in [2.45, 2.75) is 32.2 Å². The summed E-state index contributed by atoms with van der Waals surface area (Å²) in [4.78, 5) is 32.8. The van der Waals surface area contributed by atoms with Gasteiger partial charge in [0.15, 0.2) is 0 Å². The predicted molar refractivity (Wildman–Crippen MR) is 111 cm³/mol. The average Bonchev–Trinajstić information content (AvgIpc) is 2.97. The number of benzene rings is 1. The van der Waals surface area contributed by atoms with Gasteiger partial charge in [0.25, 0.3) is 5.56 Å². The standard InChI is InChI=1S/C21H23N3O3S/c1-27-16-8-6-15(7-9-16)18-12-17-20(28-18)21(26)24(14-22-17)13-19(25)23-10-4-2-3-5-11-23/h6-9,12,14H,2-5,10-11,13H2,1H3. The van der Waals surface area contributed by atoms with Crippen LogP contribution >= 0.6 is 11.3 Å². The minimum absolute atomic E-state index is 0.00270. The average molecular weight is 398 g/mol. The molecule has 1 aliphatic heterocycles. The highest BCUT2D eigenvalue weighted by molar-refractivity contribution is 7.22. The number of thiophene rings is 1. The summed E-state index contributed by atoms with van der Waals surface area (Å²) in [7, 11) is 1.63. The van der Waals surface area contributed by atoms with Gasteiger partial charge >= 0.3 is 0 Å². The summed E-state index contributed by atoms with van der Waals surface area (Å²) in [6.07, 6.45) is 5.90. The molecule has 0 bridgehead atoms. The van der Waals surface area contributed by atoms with Crippen LogP contribution in [0.1, 0.15) is 25.7 Å². The highest BCUT2D eigenvalue weighted by Crippen LogP contribution is 2.31. The van der Waals surface area contributed by atoms with Gasteiger partial charge in [-0.25, -0.2) is 4.98 Å². The number of aromatic nitrogens is 2. The second-order valence-corrected chi connectivity index (χ2v) is 8.08. The lowest BCUT2D eigenvalue weighted by molar-refractivity contribution is -0.131. The summed E-state index contributed by atoms with van der Waals surface area (Å²) in [5.74, 6) is 0.787. The van der Waals surface area contributed by atoms with Crippen molar-refractivity contribution in [3.63, 3.8) is 0 Å². The molecule has 3 aromatic rings. The molecule has 0 unspecified atom stereocenters. The summed E-state index contributed by atoms with van der Waals surface area (Å²) in [5.41, 5.74) is 1.52. The van der Waals surface area contributed by atoms with Gasteiger partial charge in [-0.2, -0.15) is 0 Å². The number of nitrogens with zero attached hydrogens (tertiary/aromatic N) is 3. The van der Waals surface area contributed by atoms with Gasteiger partial charge in [-0.3, -0.25) is 14.2 Å². The molecular weight excluding hydrogens is 374 g/mol. The van der Waals surface area contributed by atoms with E-state index in [2.05, 4.69) is 4.98 Å². The minimum Gasteiger partial charge on any atom is -0.497 e. The van der Waals surface area contributed by atoms with Crippen molar-refractivity contribution in [1.29, 1.82) is 0 Å². The van der Waals surface area contributed by atoms with Crippen molar-refractivity contribution < 1.29 is 9.53 Å². The topological polar surface area (TPSA) is 64.4 Å². The number of methoxy groups -OCH3 is 1. The van der Waals surface area contributed by atoms with Gasteiger partial charge in [-0.1, -0.05) is 12.8 Å². The van der Waals surface area contributed by atoms with E-state index in [4.69, 9.17) is 4.74 Å². The first kappa shape index (κ1) is 18.7. The smallest absolute Gasteiger partial charge is 0.271 e. The molecule has 1 saturated heterocycles. The number of amides is 1. The Kier molecular flexibility index (Phi) is 5.43. The number of carbonyl (C=O) groups excluding carboxylic acids is 1. The molecule has 0 spiro atoms. The van der Waals surface area contributed by atoms with E-state index in [0.29, 0.717) is 10.2 Å². The van der Waals surface area contributed by atoms with Crippen molar-refractivity contribution in [3.8, 4) is 16.2 Å². The molecular formula is C21H23N3O3S. The maximum Gasteiger partial charge on any atom is 0.271 e. The van der Waals surface area contributed by atoms with Crippen LogP contribution in [0.3, 0.4) is 0 Å². The van der Waals surface area contributed by atoms with Gasteiger partial charge in [0.05, 0.1) is 19.0 Å². The lowest BCUT2D eigenvalue weighted by atomic mass is 10.2. The van der Waals surface area contributed by atoms with Crippen LogP contribution in [0, 0.1) is 0 Å². The van der Waals surface area contributed by atoms with E-state index in [1.165, 1.54) is 35.1 Å². The third-order valence-electron chi connectivity index (χ3n) is 5.14.